The minimum absolute atomic E-state index is 0.875. The van der Waals surface area contributed by atoms with Crippen LogP contribution < -0.4 is 9.80 Å². The van der Waals surface area contributed by atoms with Crippen LogP contribution in [0.1, 0.15) is 11.1 Å². The number of nitrogens with zero attached hydrogens (tertiary/aromatic N) is 2. The van der Waals surface area contributed by atoms with E-state index in [2.05, 4.69) is 181 Å². The molecule has 0 atom stereocenters. The molecule has 0 N–H and O–H groups in total. The van der Waals surface area contributed by atoms with Gasteiger partial charge in [-0.3, -0.25) is 0 Å². The average molecular weight is 721 g/mol. The first-order valence-corrected chi connectivity index (χ1v) is 19.1. The van der Waals surface area contributed by atoms with E-state index in [-0.39, 0.29) is 0 Å². The molecule has 56 heavy (non-hydrogen) atoms. The van der Waals surface area contributed by atoms with Gasteiger partial charge in [0.05, 0.1) is 11.4 Å². The number of fused-ring (bicyclic) bond motifs is 8. The zero-order valence-electron chi connectivity index (χ0n) is 31.0. The highest BCUT2D eigenvalue weighted by molar-refractivity contribution is 6.24. The Morgan fingerprint density at radius 2 is 0.625 bits per heavy atom. The number of rotatable bonds is 6. The van der Waals surface area contributed by atoms with Gasteiger partial charge in [-0.2, -0.15) is 0 Å². The smallest absolute Gasteiger partial charge is 0.135 e. The van der Waals surface area contributed by atoms with Gasteiger partial charge in [-0.25, -0.2) is 0 Å². The standard InChI is InChI=1S/C52H36N2O2/c1-33-13-11-15-35(29-33)53(37-25-27-49-45(31-37)39-17-7-9-23-47(39)55-49)51-41-19-3-5-21-43(41)52(44-22-6-4-20-42(44)51)54(36-16-12-14-34(2)30-36)38-26-28-50-46(32-38)40-18-8-10-24-48(40)56-50/h3-32H,1-2H3. The molecular weight excluding hydrogens is 685 g/mol. The van der Waals surface area contributed by atoms with Gasteiger partial charge in [-0.05, 0) is 97.8 Å². The molecule has 4 nitrogen and oxygen atoms in total. The van der Waals surface area contributed by atoms with Gasteiger partial charge in [0, 0.05) is 65.8 Å². The van der Waals surface area contributed by atoms with Gasteiger partial charge in [0.2, 0.25) is 0 Å². The van der Waals surface area contributed by atoms with Gasteiger partial charge in [-0.1, -0.05) is 109 Å². The minimum Gasteiger partial charge on any atom is -0.456 e. The normalized spacial score (nSPS) is 11.8. The van der Waals surface area contributed by atoms with E-state index < -0.39 is 0 Å². The highest BCUT2D eigenvalue weighted by Gasteiger charge is 2.26. The maximum atomic E-state index is 6.31. The van der Waals surface area contributed by atoms with Crippen LogP contribution in [0.15, 0.2) is 191 Å². The Hall–Kier alpha value is -7.30. The van der Waals surface area contributed by atoms with E-state index in [1.807, 2.05) is 24.3 Å². The third-order valence-corrected chi connectivity index (χ3v) is 11.1. The minimum atomic E-state index is 0.875. The second kappa shape index (κ2) is 12.6. The van der Waals surface area contributed by atoms with Gasteiger partial charge >= 0.3 is 0 Å². The number of benzene rings is 9. The lowest BCUT2D eigenvalue weighted by Crippen LogP contribution is -2.14. The SMILES string of the molecule is Cc1cccc(N(c2ccc3oc4ccccc4c3c2)c2c3ccccc3c(N(c3cccc(C)c3)c3ccc4oc5ccccc5c4c3)c3ccccc23)c1. The van der Waals surface area contributed by atoms with Crippen LogP contribution in [0.3, 0.4) is 0 Å². The van der Waals surface area contributed by atoms with Crippen LogP contribution in [0.5, 0.6) is 0 Å². The van der Waals surface area contributed by atoms with E-state index in [1.165, 1.54) is 11.1 Å². The molecule has 11 rings (SSSR count). The van der Waals surface area contributed by atoms with Gasteiger partial charge in [0.25, 0.3) is 0 Å². The van der Waals surface area contributed by atoms with Crippen molar-refractivity contribution >= 4 is 99.5 Å². The summed E-state index contributed by atoms with van der Waals surface area (Å²) in [7, 11) is 0. The topological polar surface area (TPSA) is 32.8 Å². The molecule has 0 unspecified atom stereocenters. The maximum Gasteiger partial charge on any atom is 0.135 e. The Labute approximate surface area is 324 Å². The molecule has 2 aromatic heterocycles. The fourth-order valence-corrected chi connectivity index (χ4v) is 8.62. The maximum absolute atomic E-state index is 6.31. The van der Waals surface area contributed by atoms with Crippen LogP contribution in [-0.2, 0) is 0 Å². The lowest BCUT2D eigenvalue weighted by Gasteiger charge is -2.33. The molecule has 4 heteroatoms. The summed E-state index contributed by atoms with van der Waals surface area (Å²) in [5, 5.41) is 8.98. The van der Waals surface area contributed by atoms with Gasteiger partial charge < -0.3 is 18.6 Å². The van der Waals surface area contributed by atoms with E-state index in [1.54, 1.807) is 0 Å². The molecule has 0 aliphatic carbocycles. The van der Waals surface area contributed by atoms with E-state index in [0.717, 1.165) is 99.5 Å². The van der Waals surface area contributed by atoms with Crippen LogP contribution in [0.4, 0.5) is 34.1 Å². The summed E-state index contributed by atoms with van der Waals surface area (Å²) < 4.78 is 12.6. The van der Waals surface area contributed by atoms with Crippen molar-refractivity contribution in [1.82, 2.24) is 0 Å². The predicted molar refractivity (Wildman–Crippen MR) is 235 cm³/mol. The highest BCUT2D eigenvalue weighted by Crippen LogP contribution is 2.52. The van der Waals surface area contributed by atoms with E-state index >= 15 is 0 Å². The summed E-state index contributed by atoms with van der Waals surface area (Å²) in [6.45, 7) is 4.32. The van der Waals surface area contributed by atoms with Crippen molar-refractivity contribution in [1.29, 1.82) is 0 Å². The van der Waals surface area contributed by atoms with E-state index in [9.17, 15) is 0 Å². The molecule has 11 aromatic rings. The Balaban J connectivity index is 1.24. The molecule has 0 amide bonds. The summed E-state index contributed by atoms with van der Waals surface area (Å²) in [6, 6.07) is 65.1. The largest absolute Gasteiger partial charge is 0.456 e. The van der Waals surface area contributed by atoms with Gasteiger partial charge in [0.1, 0.15) is 22.3 Å². The van der Waals surface area contributed by atoms with Gasteiger partial charge in [-0.15, -0.1) is 0 Å². The van der Waals surface area contributed by atoms with Crippen LogP contribution in [0.25, 0.3) is 65.4 Å². The molecule has 266 valence electrons. The summed E-state index contributed by atoms with van der Waals surface area (Å²) >= 11 is 0. The molecule has 0 aliphatic rings. The fourth-order valence-electron chi connectivity index (χ4n) is 8.62. The van der Waals surface area contributed by atoms with Crippen molar-refractivity contribution in [3.05, 3.63) is 193 Å². The molecule has 9 aromatic carbocycles. The average Bonchev–Trinajstić information content (AvgIpc) is 3.80. The number of para-hydroxylation sites is 2. The number of furan rings is 2. The van der Waals surface area contributed by atoms with Crippen LogP contribution in [0.2, 0.25) is 0 Å². The molecular formula is C52H36N2O2. The molecule has 0 spiro atoms. The molecule has 0 radical (unpaired) electrons. The van der Waals surface area contributed by atoms with Crippen molar-refractivity contribution in [3.63, 3.8) is 0 Å². The molecule has 0 saturated heterocycles. The molecule has 0 saturated carbocycles. The number of anilines is 6. The van der Waals surface area contributed by atoms with E-state index in [4.69, 9.17) is 8.83 Å². The monoisotopic (exact) mass is 720 g/mol. The first-order valence-electron chi connectivity index (χ1n) is 19.1. The fraction of sp³-hybridized carbons (Fsp3) is 0.0385. The zero-order chi connectivity index (χ0) is 37.3. The first kappa shape index (κ1) is 32.2. The second-order valence-corrected chi connectivity index (χ2v) is 14.7. The first-order chi connectivity index (χ1) is 27.6. The quantitative estimate of drug-likeness (QED) is 0.126. The van der Waals surface area contributed by atoms with Crippen LogP contribution in [0, 0.1) is 13.8 Å². The van der Waals surface area contributed by atoms with Crippen molar-refractivity contribution in [2.45, 2.75) is 13.8 Å². The van der Waals surface area contributed by atoms with Crippen LogP contribution >= 0.6 is 0 Å². The zero-order valence-corrected chi connectivity index (χ0v) is 31.0. The van der Waals surface area contributed by atoms with Crippen LogP contribution in [-0.4, -0.2) is 0 Å². The van der Waals surface area contributed by atoms with Crippen molar-refractivity contribution in [3.8, 4) is 0 Å². The van der Waals surface area contributed by atoms with Crippen molar-refractivity contribution in [2.75, 3.05) is 9.80 Å². The summed E-state index contributed by atoms with van der Waals surface area (Å²) in [5.41, 5.74) is 12.5. The Kier molecular flexibility index (Phi) is 7.26. The molecule has 2 heterocycles. The molecule has 0 aliphatic heterocycles. The van der Waals surface area contributed by atoms with Gasteiger partial charge in [0.15, 0.2) is 0 Å². The Morgan fingerprint density at radius 1 is 0.286 bits per heavy atom. The third kappa shape index (κ3) is 5.07. The van der Waals surface area contributed by atoms with Crippen molar-refractivity contribution < 1.29 is 8.83 Å². The molecule has 0 bridgehead atoms. The number of hydrogen-bond acceptors (Lipinski definition) is 4. The lowest BCUT2D eigenvalue weighted by molar-refractivity contribution is 0.668. The number of aryl methyl sites for hydroxylation is 2. The Morgan fingerprint density at radius 3 is 1.02 bits per heavy atom. The highest BCUT2D eigenvalue weighted by atomic mass is 16.3. The second-order valence-electron chi connectivity index (χ2n) is 14.7. The molecule has 0 fully saturated rings. The number of hydrogen-bond donors (Lipinski definition) is 0. The summed E-state index contributed by atoms with van der Waals surface area (Å²) in [6.07, 6.45) is 0. The summed E-state index contributed by atoms with van der Waals surface area (Å²) in [5.74, 6) is 0. The Bertz CT molecular complexity index is 3040. The summed E-state index contributed by atoms with van der Waals surface area (Å²) in [4.78, 5) is 4.87. The predicted octanol–water partition coefficient (Wildman–Crippen LogP) is 15.3. The third-order valence-electron chi connectivity index (χ3n) is 11.1. The lowest BCUT2D eigenvalue weighted by atomic mass is 9.95. The van der Waals surface area contributed by atoms with E-state index in [0.29, 0.717) is 0 Å². The van der Waals surface area contributed by atoms with Crippen molar-refractivity contribution in [2.24, 2.45) is 0 Å².